The van der Waals surface area contributed by atoms with Crippen molar-refractivity contribution in [2.45, 2.75) is 70.5 Å². The van der Waals surface area contributed by atoms with Crippen LogP contribution in [0.4, 0.5) is 5.69 Å². The van der Waals surface area contributed by atoms with Crippen LogP contribution in [0.2, 0.25) is 5.02 Å². The van der Waals surface area contributed by atoms with Crippen molar-refractivity contribution >= 4 is 39.1 Å². The molecular formula is C33H40ClN3O4S. The standard InChI is InChI=1S/C33H40ClN3O4S/c1-24(2)27-15-19-30(20-16-27)37(42(3,40)41)23-32(38)36(22-26-13-17-28(34)18-14-26)31(21-25-9-5-4-6-10-25)33(39)35-29-11-7-8-12-29/h4-6,9-10,13-20,24,29,31H,7-8,11-12,21-23H2,1-3H3,(H,35,39)/t31-/m0/s1. The lowest BCUT2D eigenvalue weighted by molar-refractivity contribution is -0.140. The third-order valence-electron chi connectivity index (χ3n) is 7.77. The summed E-state index contributed by atoms with van der Waals surface area (Å²) in [7, 11) is -3.81. The molecular weight excluding hydrogens is 570 g/mol. The second-order valence-corrected chi connectivity index (χ2v) is 13.7. The summed E-state index contributed by atoms with van der Waals surface area (Å²) in [6.45, 7) is 3.81. The van der Waals surface area contributed by atoms with Gasteiger partial charge in [0.1, 0.15) is 12.6 Å². The minimum Gasteiger partial charge on any atom is -0.352 e. The molecule has 0 unspecified atom stereocenters. The van der Waals surface area contributed by atoms with Gasteiger partial charge in [-0.2, -0.15) is 0 Å². The molecule has 1 atom stereocenters. The van der Waals surface area contributed by atoms with Crippen LogP contribution in [0, 0.1) is 0 Å². The molecule has 0 radical (unpaired) electrons. The predicted molar refractivity (Wildman–Crippen MR) is 169 cm³/mol. The van der Waals surface area contributed by atoms with Crippen molar-refractivity contribution in [2.75, 3.05) is 17.1 Å². The predicted octanol–water partition coefficient (Wildman–Crippen LogP) is 5.93. The van der Waals surface area contributed by atoms with Crippen LogP contribution < -0.4 is 9.62 Å². The summed E-state index contributed by atoms with van der Waals surface area (Å²) in [5.41, 5.74) is 3.15. The summed E-state index contributed by atoms with van der Waals surface area (Å²) in [4.78, 5) is 29.6. The highest BCUT2D eigenvalue weighted by atomic mass is 35.5. The molecule has 1 aliphatic carbocycles. The van der Waals surface area contributed by atoms with E-state index in [4.69, 9.17) is 11.6 Å². The topological polar surface area (TPSA) is 86.8 Å². The molecule has 1 fully saturated rings. The van der Waals surface area contributed by atoms with Crippen molar-refractivity contribution in [3.8, 4) is 0 Å². The minimum atomic E-state index is -3.81. The van der Waals surface area contributed by atoms with Gasteiger partial charge < -0.3 is 10.2 Å². The van der Waals surface area contributed by atoms with Gasteiger partial charge in [-0.1, -0.05) is 92.9 Å². The van der Waals surface area contributed by atoms with Crippen molar-refractivity contribution in [1.29, 1.82) is 0 Å². The smallest absolute Gasteiger partial charge is 0.244 e. The minimum absolute atomic E-state index is 0.0650. The second kappa shape index (κ2) is 14.2. The quantitative estimate of drug-likeness (QED) is 0.276. The van der Waals surface area contributed by atoms with Gasteiger partial charge >= 0.3 is 0 Å². The van der Waals surface area contributed by atoms with Gasteiger partial charge in [-0.3, -0.25) is 13.9 Å². The third-order valence-corrected chi connectivity index (χ3v) is 9.16. The SMILES string of the molecule is CC(C)c1ccc(N(CC(=O)N(Cc2ccc(Cl)cc2)[C@@H](Cc2ccccc2)C(=O)NC2CCCC2)S(C)(=O)=O)cc1. The van der Waals surface area contributed by atoms with Crippen LogP contribution in [-0.2, 0) is 32.6 Å². The van der Waals surface area contributed by atoms with Crippen LogP contribution in [0.1, 0.15) is 62.1 Å². The lowest BCUT2D eigenvalue weighted by Gasteiger charge is -2.34. The average molecular weight is 610 g/mol. The molecule has 9 heteroatoms. The van der Waals surface area contributed by atoms with E-state index in [1.165, 1.54) is 4.90 Å². The van der Waals surface area contributed by atoms with Gasteiger partial charge in [0.05, 0.1) is 11.9 Å². The molecule has 0 saturated heterocycles. The molecule has 3 aromatic rings. The number of benzene rings is 3. The van der Waals surface area contributed by atoms with Crippen LogP contribution in [0.15, 0.2) is 78.9 Å². The molecule has 0 heterocycles. The third kappa shape index (κ3) is 8.58. The molecule has 2 amide bonds. The van der Waals surface area contributed by atoms with Crippen LogP contribution in [0.5, 0.6) is 0 Å². The first-order chi connectivity index (χ1) is 20.0. The number of carbonyl (C=O) groups is 2. The number of sulfonamides is 1. The lowest BCUT2D eigenvalue weighted by atomic mass is 10.0. The Labute approximate surface area is 254 Å². The van der Waals surface area contributed by atoms with Crippen molar-refractivity contribution in [2.24, 2.45) is 0 Å². The molecule has 1 saturated carbocycles. The van der Waals surface area contributed by atoms with Gasteiger partial charge in [-0.05, 0) is 59.7 Å². The fraction of sp³-hybridized carbons (Fsp3) is 0.394. The summed E-state index contributed by atoms with van der Waals surface area (Å²) in [5, 5.41) is 3.74. The van der Waals surface area contributed by atoms with Gasteiger partial charge in [-0.15, -0.1) is 0 Å². The Hall–Kier alpha value is -3.36. The summed E-state index contributed by atoms with van der Waals surface area (Å²) in [5.74, 6) is -0.426. The van der Waals surface area contributed by atoms with E-state index in [0.717, 1.165) is 52.9 Å². The number of rotatable bonds is 12. The summed E-state index contributed by atoms with van der Waals surface area (Å²) >= 11 is 6.13. The fourth-order valence-electron chi connectivity index (χ4n) is 5.35. The van der Waals surface area contributed by atoms with Crippen molar-refractivity contribution in [3.05, 3.63) is 101 Å². The number of halogens is 1. The number of anilines is 1. The largest absolute Gasteiger partial charge is 0.352 e. The van der Waals surface area contributed by atoms with E-state index in [2.05, 4.69) is 19.2 Å². The number of nitrogens with one attached hydrogen (secondary N) is 1. The molecule has 4 rings (SSSR count). The van der Waals surface area contributed by atoms with E-state index in [1.807, 2.05) is 54.6 Å². The maximum absolute atomic E-state index is 14.2. The van der Waals surface area contributed by atoms with Gasteiger partial charge in [-0.25, -0.2) is 8.42 Å². The molecule has 1 N–H and O–H groups in total. The van der Waals surface area contributed by atoms with Gasteiger partial charge in [0.25, 0.3) is 0 Å². The number of hydrogen-bond donors (Lipinski definition) is 1. The van der Waals surface area contributed by atoms with E-state index in [-0.39, 0.29) is 24.4 Å². The maximum Gasteiger partial charge on any atom is 0.244 e. The number of carbonyl (C=O) groups excluding carboxylic acids is 2. The lowest BCUT2D eigenvalue weighted by Crippen LogP contribution is -2.54. The highest BCUT2D eigenvalue weighted by Crippen LogP contribution is 2.24. The monoisotopic (exact) mass is 609 g/mol. The van der Waals surface area contributed by atoms with Crippen LogP contribution in [0.25, 0.3) is 0 Å². The Bertz CT molecular complexity index is 1440. The number of nitrogens with zero attached hydrogens (tertiary/aromatic N) is 2. The molecule has 0 aromatic heterocycles. The van der Waals surface area contributed by atoms with Gasteiger partial charge in [0.15, 0.2) is 0 Å². The van der Waals surface area contributed by atoms with Crippen molar-refractivity contribution in [1.82, 2.24) is 10.2 Å². The number of amides is 2. The fourth-order valence-corrected chi connectivity index (χ4v) is 6.32. The van der Waals surface area contributed by atoms with E-state index >= 15 is 0 Å². The molecule has 42 heavy (non-hydrogen) atoms. The number of hydrogen-bond acceptors (Lipinski definition) is 4. The van der Waals surface area contributed by atoms with Crippen LogP contribution >= 0.6 is 11.6 Å². The zero-order chi connectivity index (χ0) is 30.3. The van der Waals surface area contributed by atoms with Gasteiger partial charge in [0, 0.05) is 24.0 Å². The highest BCUT2D eigenvalue weighted by Gasteiger charge is 2.34. The second-order valence-electron chi connectivity index (χ2n) is 11.4. The molecule has 1 aliphatic rings. The molecule has 0 spiro atoms. The Morgan fingerprint density at radius 1 is 0.905 bits per heavy atom. The maximum atomic E-state index is 14.2. The summed E-state index contributed by atoms with van der Waals surface area (Å²) < 4.78 is 27.1. The van der Waals surface area contributed by atoms with Crippen molar-refractivity contribution in [3.63, 3.8) is 0 Å². The Morgan fingerprint density at radius 2 is 1.52 bits per heavy atom. The van der Waals surface area contributed by atoms with E-state index < -0.39 is 28.5 Å². The molecule has 7 nitrogen and oxygen atoms in total. The highest BCUT2D eigenvalue weighted by molar-refractivity contribution is 7.92. The first kappa shape index (κ1) is 31.6. The summed E-state index contributed by atoms with van der Waals surface area (Å²) in [6.07, 6.45) is 5.31. The van der Waals surface area contributed by atoms with Gasteiger partial charge in [0.2, 0.25) is 21.8 Å². The van der Waals surface area contributed by atoms with Crippen LogP contribution in [-0.4, -0.2) is 50.0 Å². The average Bonchev–Trinajstić information content (AvgIpc) is 3.47. The van der Waals surface area contributed by atoms with Crippen LogP contribution in [0.3, 0.4) is 0 Å². The molecule has 0 aliphatic heterocycles. The van der Waals surface area contributed by atoms with E-state index in [9.17, 15) is 18.0 Å². The first-order valence-electron chi connectivity index (χ1n) is 14.5. The molecule has 224 valence electrons. The summed E-state index contributed by atoms with van der Waals surface area (Å²) in [6, 6.07) is 23.1. The normalized spacial score (nSPS) is 14.5. The molecule has 3 aromatic carbocycles. The molecule has 0 bridgehead atoms. The Kier molecular flexibility index (Phi) is 10.7. The van der Waals surface area contributed by atoms with Crippen molar-refractivity contribution < 1.29 is 18.0 Å². The first-order valence-corrected chi connectivity index (χ1v) is 16.7. The zero-order valence-electron chi connectivity index (χ0n) is 24.5. The Morgan fingerprint density at radius 3 is 2.10 bits per heavy atom. The Balaban J connectivity index is 1.71. The van der Waals surface area contributed by atoms with E-state index in [1.54, 1.807) is 24.3 Å². The zero-order valence-corrected chi connectivity index (χ0v) is 26.1. The van der Waals surface area contributed by atoms with E-state index in [0.29, 0.717) is 17.1 Å².